The molecule has 3 fully saturated rings. The molecule has 2 atom stereocenters. The van der Waals surface area contributed by atoms with Gasteiger partial charge < -0.3 is 25.4 Å². The topological polar surface area (TPSA) is 107 Å². The molecule has 4 heterocycles. The summed E-state index contributed by atoms with van der Waals surface area (Å²) in [6.45, 7) is 8.47. The lowest BCUT2D eigenvalue weighted by molar-refractivity contribution is -0.134. The zero-order valence-electron chi connectivity index (χ0n) is 21.2. The largest absolute Gasteiger partial charge is 0.481 e. The predicted octanol–water partition coefficient (Wildman–Crippen LogP) is 2.68. The Morgan fingerprint density at radius 1 is 1.14 bits per heavy atom. The molecule has 3 N–H and O–H groups in total. The van der Waals surface area contributed by atoms with Crippen molar-refractivity contribution >= 4 is 29.2 Å². The molecule has 0 unspecified atom stereocenters. The van der Waals surface area contributed by atoms with E-state index in [1.54, 1.807) is 0 Å². The highest BCUT2D eigenvalue weighted by atomic mass is 35.5. The monoisotopic (exact) mass is 518 g/mol. The SMILES string of the molecule is CC(=O)O.NC1=NN=C(N2CCC(N3C[C@H](CN4CCCC4)OC[C@@H]3Cc3ccc(Cl)cc3)CC2)C1. The second kappa shape index (κ2) is 12.9. The number of morpholine rings is 1. The van der Waals surface area contributed by atoms with Crippen LogP contribution in [0.1, 0.15) is 44.6 Å². The zero-order valence-corrected chi connectivity index (χ0v) is 21.9. The molecule has 9 nitrogen and oxygen atoms in total. The lowest BCUT2D eigenvalue weighted by atomic mass is 9.96. The molecule has 0 bridgehead atoms. The molecule has 1 aromatic carbocycles. The van der Waals surface area contributed by atoms with Crippen molar-refractivity contribution in [2.24, 2.45) is 15.9 Å². The van der Waals surface area contributed by atoms with Crippen molar-refractivity contribution in [1.82, 2.24) is 14.7 Å². The Hall–Kier alpha value is -2.20. The Morgan fingerprint density at radius 3 is 2.42 bits per heavy atom. The van der Waals surface area contributed by atoms with Gasteiger partial charge >= 0.3 is 0 Å². The molecule has 0 spiro atoms. The molecule has 4 aliphatic heterocycles. The van der Waals surface area contributed by atoms with Crippen LogP contribution in [0.3, 0.4) is 0 Å². The maximum atomic E-state index is 9.00. The molecule has 4 aliphatic rings. The van der Waals surface area contributed by atoms with E-state index < -0.39 is 5.97 Å². The number of benzene rings is 1. The van der Waals surface area contributed by atoms with E-state index in [0.29, 0.717) is 30.4 Å². The van der Waals surface area contributed by atoms with E-state index in [-0.39, 0.29) is 0 Å². The lowest BCUT2D eigenvalue weighted by Gasteiger charge is -2.47. The first-order valence-corrected chi connectivity index (χ1v) is 13.4. The van der Waals surface area contributed by atoms with E-state index >= 15 is 0 Å². The van der Waals surface area contributed by atoms with Gasteiger partial charge in [-0.25, -0.2) is 0 Å². The minimum absolute atomic E-state index is 0.306. The van der Waals surface area contributed by atoms with Gasteiger partial charge in [-0.05, 0) is 62.9 Å². The summed E-state index contributed by atoms with van der Waals surface area (Å²) in [6.07, 6.45) is 6.95. The Bertz CT molecular complexity index is 922. The summed E-state index contributed by atoms with van der Waals surface area (Å²) < 4.78 is 6.42. The number of nitrogens with two attached hydrogens (primary N) is 1. The second-order valence-electron chi connectivity index (χ2n) is 10.2. The van der Waals surface area contributed by atoms with Gasteiger partial charge in [0.05, 0.1) is 19.1 Å². The highest BCUT2D eigenvalue weighted by Gasteiger charge is 2.36. The quantitative estimate of drug-likeness (QED) is 0.617. The van der Waals surface area contributed by atoms with E-state index in [4.69, 9.17) is 32.0 Å². The van der Waals surface area contributed by atoms with Gasteiger partial charge in [-0.1, -0.05) is 23.7 Å². The summed E-state index contributed by atoms with van der Waals surface area (Å²) in [4.78, 5) is 16.7. The highest BCUT2D eigenvalue weighted by molar-refractivity contribution is 6.30. The molecular weight excluding hydrogens is 480 g/mol. The lowest BCUT2D eigenvalue weighted by Crippen LogP contribution is -2.59. The van der Waals surface area contributed by atoms with Crippen LogP contribution in [0.25, 0.3) is 0 Å². The minimum Gasteiger partial charge on any atom is -0.481 e. The summed E-state index contributed by atoms with van der Waals surface area (Å²) in [6, 6.07) is 9.29. The number of carboxylic acid groups (broad SMARTS) is 1. The van der Waals surface area contributed by atoms with Crippen molar-refractivity contribution in [3.8, 4) is 0 Å². The Labute approximate surface area is 218 Å². The number of piperidine rings is 1. The number of hydrogen-bond acceptors (Lipinski definition) is 8. The maximum absolute atomic E-state index is 9.00. The van der Waals surface area contributed by atoms with Crippen molar-refractivity contribution in [2.45, 2.75) is 63.6 Å². The van der Waals surface area contributed by atoms with E-state index in [0.717, 1.165) is 69.8 Å². The normalized spacial score (nSPS) is 25.8. The van der Waals surface area contributed by atoms with Gasteiger partial charge in [0.15, 0.2) is 0 Å². The average Bonchev–Trinajstić information content (AvgIpc) is 3.53. The maximum Gasteiger partial charge on any atom is 0.300 e. The molecule has 3 saturated heterocycles. The summed E-state index contributed by atoms with van der Waals surface area (Å²) >= 11 is 6.11. The third kappa shape index (κ3) is 7.65. The number of aliphatic carboxylic acids is 1. The summed E-state index contributed by atoms with van der Waals surface area (Å²) in [7, 11) is 0. The molecule has 0 aliphatic carbocycles. The number of nitrogens with zero attached hydrogens (tertiary/aromatic N) is 5. The summed E-state index contributed by atoms with van der Waals surface area (Å²) in [5.74, 6) is 0.829. The summed E-state index contributed by atoms with van der Waals surface area (Å²) in [5, 5.41) is 16.5. The van der Waals surface area contributed by atoms with Gasteiger partial charge in [0.2, 0.25) is 0 Å². The van der Waals surface area contributed by atoms with Gasteiger partial charge in [-0.3, -0.25) is 9.69 Å². The Kier molecular flexibility index (Phi) is 9.59. The number of carbonyl (C=O) groups is 1. The fraction of sp³-hybridized carbons (Fsp3) is 0.654. The van der Waals surface area contributed by atoms with Crippen LogP contribution in [-0.2, 0) is 16.0 Å². The van der Waals surface area contributed by atoms with Crippen molar-refractivity contribution in [1.29, 1.82) is 0 Å². The third-order valence-electron chi connectivity index (χ3n) is 7.38. The average molecular weight is 519 g/mol. The standard InChI is InChI=1S/C24H35ClN6O.C2H4O2/c25-19-5-3-18(4-6-19)13-21-17-32-22(15-29-9-1-2-10-29)16-31(21)20-7-11-30(12-8-20)24-14-23(26)27-28-24;1-2(3)4/h3-6,20-22H,1-2,7-17H2,(H2,26,27);1H3,(H,3,4)/t21-,22-;/m0./s1. The van der Waals surface area contributed by atoms with Gasteiger partial charge in [-0.2, -0.15) is 0 Å². The third-order valence-corrected chi connectivity index (χ3v) is 7.64. The van der Waals surface area contributed by atoms with E-state index in [2.05, 4.69) is 37.0 Å². The molecule has 5 rings (SSSR count). The fourth-order valence-corrected chi connectivity index (χ4v) is 5.77. The molecule has 198 valence electrons. The van der Waals surface area contributed by atoms with Crippen LogP contribution in [-0.4, -0.2) is 102 Å². The molecule has 36 heavy (non-hydrogen) atoms. The number of hydrogen-bond donors (Lipinski definition) is 2. The van der Waals surface area contributed by atoms with Crippen LogP contribution >= 0.6 is 11.6 Å². The van der Waals surface area contributed by atoms with Crippen molar-refractivity contribution in [3.05, 3.63) is 34.9 Å². The van der Waals surface area contributed by atoms with Crippen molar-refractivity contribution in [2.75, 3.05) is 45.9 Å². The Balaban J connectivity index is 0.000000709. The van der Waals surface area contributed by atoms with Gasteiger partial charge in [0.1, 0.15) is 11.7 Å². The molecule has 0 amide bonds. The first-order valence-electron chi connectivity index (χ1n) is 13.0. The first-order chi connectivity index (χ1) is 17.4. The van der Waals surface area contributed by atoms with Crippen molar-refractivity contribution in [3.63, 3.8) is 0 Å². The van der Waals surface area contributed by atoms with Gasteiger partial charge in [-0.15, -0.1) is 10.2 Å². The Morgan fingerprint density at radius 2 is 1.81 bits per heavy atom. The van der Waals surface area contributed by atoms with E-state index in [1.807, 2.05) is 12.1 Å². The number of likely N-dealkylation sites (tertiary alicyclic amines) is 2. The molecule has 1 aromatic rings. The molecular formula is C26H39ClN6O3. The molecule has 0 saturated carbocycles. The fourth-order valence-electron chi connectivity index (χ4n) is 5.64. The van der Waals surface area contributed by atoms with Crippen LogP contribution in [0.2, 0.25) is 5.02 Å². The van der Waals surface area contributed by atoms with Crippen LogP contribution in [0.15, 0.2) is 34.5 Å². The highest BCUT2D eigenvalue weighted by Crippen LogP contribution is 2.27. The smallest absolute Gasteiger partial charge is 0.300 e. The zero-order chi connectivity index (χ0) is 25.5. The number of ether oxygens (including phenoxy) is 1. The van der Waals surface area contributed by atoms with Crippen LogP contribution < -0.4 is 5.73 Å². The summed E-state index contributed by atoms with van der Waals surface area (Å²) in [5.41, 5.74) is 7.16. The number of halogens is 1. The predicted molar refractivity (Wildman–Crippen MR) is 143 cm³/mol. The van der Waals surface area contributed by atoms with Gasteiger partial charge in [0, 0.05) is 50.2 Å². The van der Waals surface area contributed by atoms with Crippen LogP contribution in [0.4, 0.5) is 0 Å². The molecule has 10 heteroatoms. The van der Waals surface area contributed by atoms with E-state index in [9.17, 15) is 0 Å². The van der Waals surface area contributed by atoms with E-state index in [1.165, 1.54) is 31.5 Å². The number of rotatable bonds is 5. The van der Waals surface area contributed by atoms with Gasteiger partial charge in [0.25, 0.3) is 5.97 Å². The molecule has 0 aromatic heterocycles. The minimum atomic E-state index is -0.833. The number of carboxylic acids is 1. The van der Waals surface area contributed by atoms with Crippen LogP contribution in [0.5, 0.6) is 0 Å². The number of amidine groups is 2. The van der Waals surface area contributed by atoms with Crippen molar-refractivity contribution < 1.29 is 14.6 Å². The second-order valence-corrected chi connectivity index (χ2v) is 10.6. The van der Waals surface area contributed by atoms with Crippen LogP contribution in [0, 0.1) is 0 Å². The first kappa shape index (κ1) is 26.9. The molecule has 0 radical (unpaired) electrons.